The summed E-state index contributed by atoms with van der Waals surface area (Å²) in [6, 6.07) is 11.3. The molecule has 5 N–H and O–H groups in total. The highest BCUT2D eigenvalue weighted by atomic mass is 16.5. The first-order valence-electron chi connectivity index (χ1n) is 9.04. The predicted molar refractivity (Wildman–Crippen MR) is 115 cm³/mol. The SMILES string of the molecule is COc1cc(-c2cc(Cc3cnc(N)nc3N)ccc2OC)ccc1C=CC(=O)O. The van der Waals surface area contributed by atoms with Gasteiger partial charge in [-0.1, -0.05) is 18.2 Å². The number of aromatic nitrogens is 2. The van der Waals surface area contributed by atoms with Gasteiger partial charge in [0.1, 0.15) is 17.3 Å². The lowest BCUT2D eigenvalue weighted by molar-refractivity contribution is -0.131. The standard InChI is InChI=1S/C22H22N4O4/c1-29-18-7-3-13(9-16-12-25-22(24)26-21(16)23)10-17(18)15-5-4-14(6-8-20(27)28)19(11-15)30-2/h3-8,10-12H,9H2,1-2H3,(H,27,28)(H4,23,24,25,26). The molecule has 0 spiro atoms. The van der Waals surface area contributed by atoms with Gasteiger partial charge in [0.05, 0.1) is 14.2 Å². The molecule has 0 bridgehead atoms. The zero-order valence-electron chi connectivity index (χ0n) is 16.6. The lowest BCUT2D eigenvalue weighted by Gasteiger charge is -2.14. The minimum absolute atomic E-state index is 0.135. The maximum atomic E-state index is 10.8. The summed E-state index contributed by atoms with van der Waals surface area (Å²) in [5.74, 6) is 0.693. The number of nitrogens with zero attached hydrogens (tertiary/aromatic N) is 2. The molecule has 0 aliphatic rings. The van der Waals surface area contributed by atoms with E-state index in [1.165, 1.54) is 13.2 Å². The van der Waals surface area contributed by atoms with Crippen molar-refractivity contribution in [3.05, 3.63) is 65.4 Å². The summed E-state index contributed by atoms with van der Waals surface area (Å²) in [7, 11) is 3.14. The molecule has 1 heterocycles. The molecule has 8 heteroatoms. The van der Waals surface area contributed by atoms with Crippen LogP contribution in [0.1, 0.15) is 16.7 Å². The van der Waals surface area contributed by atoms with Crippen molar-refractivity contribution in [3.63, 3.8) is 0 Å². The van der Waals surface area contributed by atoms with Crippen molar-refractivity contribution in [1.29, 1.82) is 0 Å². The van der Waals surface area contributed by atoms with Crippen molar-refractivity contribution in [1.82, 2.24) is 9.97 Å². The zero-order valence-corrected chi connectivity index (χ0v) is 16.6. The van der Waals surface area contributed by atoms with Crippen LogP contribution in [0.25, 0.3) is 17.2 Å². The smallest absolute Gasteiger partial charge is 0.328 e. The Hall–Kier alpha value is -4.07. The number of nitrogens with two attached hydrogens (primary N) is 2. The van der Waals surface area contributed by atoms with Crippen LogP contribution >= 0.6 is 0 Å². The van der Waals surface area contributed by atoms with E-state index >= 15 is 0 Å². The number of nitrogen functional groups attached to an aromatic ring is 2. The summed E-state index contributed by atoms with van der Waals surface area (Å²) in [4.78, 5) is 18.8. The van der Waals surface area contributed by atoms with Crippen LogP contribution in [0, 0.1) is 0 Å². The Morgan fingerprint density at radius 3 is 2.53 bits per heavy atom. The Morgan fingerprint density at radius 1 is 1.10 bits per heavy atom. The van der Waals surface area contributed by atoms with Gasteiger partial charge >= 0.3 is 5.97 Å². The molecule has 3 rings (SSSR count). The normalized spacial score (nSPS) is 10.9. The average Bonchev–Trinajstić information content (AvgIpc) is 2.74. The van der Waals surface area contributed by atoms with E-state index in [4.69, 9.17) is 26.0 Å². The lowest BCUT2D eigenvalue weighted by Crippen LogP contribution is -2.04. The number of carboxylic acid groups (broad SMARTS) is 1. The second-order valence-electron chi connectivity index (χ2n) is 6.48. The predicted octanol–water partition coefficient (Wildman–Crippen LogP) is 3.01. The Bertz CT molecular complexity index is 1110. The van der Waals surface area contributed by atoms with Crippen molar-refractivity contribution in [2.75, 3.05) is 25.7 Å². The fraction of sp³-hybridized carbons (Fsp3) is 0.136. The molecule has 0 aliphatic heterocycles. The summed E-state index contributed by atoms with van der Waals surface area (Å²) in [6.07, 6.45) is 4.70. The first kappa shape index (κ1) is 20.7. The van der Waals surface area contributed by atoms with E-state index in [2.05, 4.69) is 9.97 Å². The summed E-state index contributed by atoms with van der Waals surface area (Å²) < 4.78 is 11.0. The van der Waals surface area contributed by atoms with Gasteiger partial charge in [-0.05, 0) is 35.4 Å². The Morgan fingerprint density at radius 2 is 1.87 bits per heavy atom. The first-order chi connectivity index (χ1) is 14.4. The van der Waals surface area contributed by atoms with Gasteiger partial charge in [-0.15, -0.1) is 0 Å². The maximum absolute atomic E-state index is 10.8. The van der Waals surface area contributed by atoms with E-state index in [0.29, 0.717) is 29.3 Å². The maximum Gasteiger partial charge on any atom is 0.328 e. The fourth-order valence-electron chi connectivity index (χ4n) is 3.06. The van der Waals surface area contributed by atoms with Crippen LogP contribution < -0.4 is 20.9 Å². The lowest BCUT2D eigenvalue weighted by atomic mass is 9.97. The van der Waals surface area contributed by atoms with Crippen LogP contribution in [0.5, 0.6) is 11.5 Å². The average molecular weight is 406 g/mol. The van der Waals surface area contributed by atoms with E-state index in [1.807, 2.05) is 30.3 Å². The number of carbonyl (C=O) groups is 1. The van der Waals surface area contributed by atoms with Gasteiger partial charge in [0.2, 0.25) is 5.95 Å². The summed E-state index contributed by atoms with van der Waals surface area (Å²) >= 11 is 0. The summed E-state index contributed by atoms with van der Waals surface area (Å²) in [5, 5.41) is 8.86. The topological polar surface area (TPSA) is 134 Å². The van der Waals surface area contributed by atoms with Gasteiger partial charge < -0.3 is 26.0 Å². The molecule has 0 unspecified atom stereocenters. The van der Waals surface area contributed by atoms with E-state index < -0.39 is 5.97 Å². The van der Waals surface area contributed by atoms with Crippen molar-refractivity contribution < 1.29 is 19.4 Å². The van der Waals surface area contributed by atoms with Gasteiger partial charge in [-0.3, -0.25) is 0 Å². The second-order valence-corrected chi connectivity index (χ2v) is 6.48. The largest absolute Gasteiger partial charge is 0.496 e. The number of methoxy groups -OCH3 is 2. The number of hydrogen-bond acceptors (Lipinski definition) is 7. The number of rotatable bonds is 7. The number of ether oxygens (including phenoxy) is 2. The zero-order chi connectivity index (χ0) is 21.7. The van der Waals surface area contributed by atoms with Crippen LogP contribution in [0.3, 0.4) is 0 Å². The molecule has 0 atom stereocenters. The van der Waals surface area contributed by atoms with Crippen LogP contribution in [0.4, 0.5) is 11.8 Å². The third-order valence-electron chi connectivity index (χ3n) is 4.53. The third kappa shape index (κ3) is 4.67. The van der Waals surface area contributed by atoms with Crippen molar-refractivity contribution in [3.8, 4) is 22.6 Å². The summed E-state index contributed by atoms with van der Waals surface area (Å²) in [5.41, 5.74) is 15.7. The van der Waals surface area contributed by atoms with Crippen molar-refractivity contribution in [2.24, 2.45) is 0 Å². The van der Waals surface area contributed by atoms with Crippen molar-refractivity contribution in [2.45, 2.75) is 6.42 Å². The second kappa shape index (κ2) is 8.95. The fourth-order valence-corrected chi connectivity index (χ4v) is 3.06. The number of aliphatic carboxylic acids is 1. The highest BCUT2D eigenvalue weighted by Gasteiger charge is 2.12. The highest BCUT2D eigenvalue weighted by molar-refractivity contribution is 5.86. The Kier molecular flexibility index (Phi) is 6.17. The minimum atomic E-state index is -1.03. The molecule has 0 radical (unpaired) electrons. The van der Waals surface area contributed by atoms with Gasteiger partial charge in [-0.2, -0.15) is 4.98 Å². The van der Waals surface area contributed by atoms with Crippen LogP contribution in [-0.4, -0.2) is 35.3 Å². The van der Waals surface area contributed by atoms with E-state index in [-0.39, 0.29) is 5.95 Å². The third-order valence-corrected chi connectivity index (χ3v) is 4.53. The molecule has 1 aromatic heterocycles. The molecule has 0 saturated carbocycles. The monoisotopic (exact) mass is 406 g/mol. The Balaban J connectivity index is 2.00. The molecular weight excluding hydrogens is 384 g/mol. The van der Waals surface area contributed by atoms with Crippen LogP contribution in [0.15, 0.2) is 48.7 Å². The number of carboxylic acids is 1. The quantitative estimate of drug-likeness (QED) is 0.510. The molecule has 0 saturated heterocycles. The van der Waals surface area contributed by atoms with Crippen LogP contribution in [-0.2, 0) is 11.2 Å². The number of hydrogen-bond donors (Lipinski definition) is 3. The first-order valence-corrected chi connectivity index (χ1v) is 9.04. The van der Waals surface area contributed by atoms with Crippen LogP contribution in [0.2, 0.25) is 0 Å². The molecule has 8 nitrogen and oxygen atoms in total. The number of anilines is 2. The summed E-state index contributed by atoms with van der Waals surface area (Å²) in [6.45, 7) is 0. The molecule has 0 amide bonds. The Labute approximate surface area is 173 Å². The van der Waals surface area contributed by atoms with E-state index in [0.717, 1.165) is 28.3 Å². The van der Waals surface area contributed by atoms with Gasteiger partial charge in [-0.25, -0.2) is 9.78 Å². The van der Waals surface area contributed by atoms with Crippen molar-refractivity contribution >= 4 is 23.8 Å². The van der Waals surface area contributed by atoms with E-state index in [9.17, 15) is 4.79 Å². The molecule has 2 aromatic carbocycles. The molecule has 30 heavy (non-hydrogen) atoms. The molecule has 0 aliphatic carbocycles. The highest BCUT2D eigenvalue weighted by Crippen LogP contribution is 2.35. The number of benzene rings is 2. The molecule has 154 valence electrons. The molecule has 0 fully saturated rings. The van der Waals surface area contributed by atoms with Gasteiger partial charge in [0.25, 0.3) is 0 Å². The molecule has 3 aromatic rings. The van der Waals surface area contributed by atoms with E-state index in [1.54, 1.807) is 19.4 Å². The molecular formula is C22H22N4O4. The van der Waals surface area contributed by atoms with Gasteiger partial charge in [0, 0.05) is 35.4 Å². The minimum Gasteiger partial charge on any atom is -0.496 e. The van der Waals surface area contributed by atoms with Gasteiger partial charge in [0.15, 0.2) is 0 Å².